The van der Waals surface area contributed by atoms with E-state index in [9.17, 15) is 0 Å². The molecule has 1 aliphatic rings. The minimum Gasteiger partial charge on any atom is -0.492 e. The van der Waals surface area contributed by atoms with E-state index in [0.717, 1.165) is 18.4 Å². The lowest BCUT2D eigenvalue weighted by Crippen LogP contribution is -2.02. The van der Waals surface area contributed by atoms with E-state index in [1.165, 1.54) is 12.8 Å². The summed E-state index contributed by atoms with van der Waals surface area (Å²) in [4.78, 5) is 0. The second-order valence-corrected chi connectivity index (χ2v) is 5.54. The van der Waals surface area contributed by atoms with Crippen LogP contribution in [0.4, 0.5) is 0 Å². The van der Waals surface area contributed by atoms with Crippen LogP contribution in [0.3, 0.4) is 0 Å². The van der Waals surface area contributed by atoms with Crippen molar-refractivity contribution in [2.75, 3.05) is 6.61 Å². The molecule has 0 N–H and O–H groups in total. The Morgan fingerprint density at radius 3 is 2.29 bits per heavy atom. The molecular formula is C14H18Cl2O. The Balaban J connectivity index is 1.92. The molecule has 0 unspecified atom stereocenters. The predicted molar refractivity (Wildman–Crippen MR) is 73.0 cm³/mol. The lowest BCUT2D eigenvalue weighted by molar-refractivity contribution is 0.285. The quantitative estimate of drug-likeness (QED) is 0.729. The normalized spacial score (nSPS) is 26.9. The van der Waals surface area contributed by atoms with E-state index in [-0.39, 0.29) is 0 Å². The monoisotopic (exact) mass is 272 g/mol. The molecule has 17 heavy (non-hydrogen) atoms. The Kier molecular flexibility index (Phi) is 4.22. The van der Waals surface area contributed by atoms with Gasteiger partial charge in [0.2, 0.25) is 0 Å². The summed E-state index contributed by atoms with van der Waals surface area (Å²) in [7, 11) is 0. The van der Waals surface area contributed by atoms with E-state index in [0.29, 0.717) is 21.7 Å². The van der Waals surface area contributed by atoms with Crippen molar-refractivity contribution in [3.63, 3.8) is 0 Å². The molecule has 1 nitrogen and oxygen atoms in total. The molecule has 94 valence electrons. The van der Waals surface area contributed by atoms with Gasteiger partial charge in [0.15, 0.2) is 0 Å². The van der Waals surface area contributed by atoms with Crippen molar-refractivity contribution in [3.05, 3.63) is 28.2 Å². The van der Waals surface area contributed by atoms with Crippen molar-refractivity contribution in [1.29, 1.82) is 0 Å². The highest BCUT2D eigenvalue weighted by molar-refractivity contribution is 6.34. The van der Waals surface area contributed by atoms with Crippen molar-refractivity contribution in [2.24, 2.45) is 17.8 Å². The second-order valence-electron chi connectivity index (χ2n) is 4.69. The molecule has 0 bridgehead atoms. The number of ether oxygens (including phenoxy) is 1. The zero-order valence-electron chi connectivity index (χ0n) is 10.2. The molecule has 1 aliphatic carbocycles. The molecule has 1 saturated carbocycles. The van der Waals surface area contributed by atoms with Crippen LogP contribution in [0.1, 0.15) is 26.7 Å². The zero-order chi connectivity index (χ0) is 12.4. The van der Waals surface area contributed by atoms with E-state index in [4.69, 9.17) is 27.9 Å². The molecule has 0 aliphatic heterocycles. The van der Waals surface area contributed by atoms with Crippen LogP contribution in [-0.2, 0) is 0 Å². The van der Waals surface area contributed by atoms with Gasteiger partial charge in [-0.15, -0.1) is 0 Å². The first-order valence-electron chi connectivity index (χ1n) is 6.25. The van der Waals surface area contributed by atoms with Crippen molar-refractivity contribution in [2.45, 2.75) is 26.7 Å². The highest BCUT2D eigenvalue weighted by Crippen LogP contribution is 2.50. The third-order valence-electron chi connectivity index (χ3n) is 3.78. The molecule has 0 heterocycles. The smallest absolute Gasteiger partial charge is 0.139 e. The van der Waals surface area contributed by atoms with Gasteiger partial charge >= 0.3 is 0 Å². The van der Waals surface area contributed by atoms with Gasteiger partial charge in [-0.1, -0.05) is 49.9 Å². The van der Waals surface area contributed by atoms with Crippen LogP contribution < -0.4 is 4.74 Å². The number of hydrogen-bond donors (Lipinski definition) is 0. The van der Waals surface area contributed by atoms with E-state index in [1.54, 1.807) is 18.2 Å². The van der Waals surface area contributed by atoms with Gasteiger partial charge in [0.25, 0.3) is 0 Å². The van der Waals surface area contributed by atoms with Gasteiger partial charge in [0.1, 0.15) is 5.75 Å². The minimum absolute atomic E-state index is 0.635. The topological polar surface area (TPSA) is 9.23 Å². The molecular weight excluding hydrogens is 255 g/mol. The Hall–Kier alpha value is -0.400. The third-order valence-corrected chi connectivity index (χ3v) is 4.32. The van der Waals surface area contributed by atoms with Crippen molar-refractivity contribution in [1.82, 2.24) is 0 Å². The maximum absolute atomic E-state index is 6.06. The van der Waals surface area contributed by atoms with Crippen LogP contribution in [-0.4, -0.2) is 6.61 Å². The highest BCUT2D eigenvalue weighted by Gasteiger charge is 2.47. The maximum Gasteiger partial charge on any atom is 0.139 e. The Morgan fingerprint density at radius 1 is 1.06 bits per heavy atom. The fourth-order valence-electron chi connectivity index (χ4n) is 2.76. The average Bonchev–Trinajstić information content (AvgIpc) is 3.02. The van der Waals surface area contributed by atoms with Crippen LogP contribution >= 0.6 is 23.2 Å². The highest BCUT2D eigenvalue weighted by atomic mass is 35.5. The van der Waals surface area contributed by atoms with Gasteiger partial charge < -0.3 is 4.74 Å². The third kappa shape index (κ3) is 2.89. The summed E-state index contributed by atoms with van der Waals surface area (Å²) in [6, 6.07) is 5.34. The summed E-state index contributed by atoms with van der Waals surface area (Å²) in [5.41, 5.74) is 0. The first-order chi connectivity index (χ1) is 8.17. The number of benzene rings is 1. The largest absolute Gasteiger partial charge is 0.492 e. The van der Waals surface area contributed by atoms with E-state index in [1.807, 2.05) is 0 Å². The van der Waals surface area contributed by atoms with Crippen molar-refractivity contribution in [3.8, 4) is 5.75 Å². The summed E-state index contributed by atoms with van der Waals surface area (Å²) in [5.74, 6) is 3.06. The molecule has 0 saturated heterocycles. The SMILES string of the molecule is CC[C@@H]1[C@H](CC)[C@H]1COc1cc(Cl)ccc1Cl. The standard InChI is InChI=1S/C14H18Cl2O/c1-3-10-11(4-2)12(10)8-17-14-7-9(15)5-6-13(14)16/h5-7,10-12H,3-4,8H2,1-2H3/t10-,11+,12+. The van der Waals surface area contributed by atoms with E-state index in [2.05, 4.69) is 13.8 Å². The van der Waals surface area contributed by atoms with Crippen LogP contribution in [0.2, 0.25) is 10.0 Å². The van der Waals surface area contributed by atoms with Gasteiger partial charge in [-0.2, -0.15) is 0 Å². The number of hydrogen-bond acceptors (Lipinski definition) is 1. The fourth-order valence-corrected chi connectivity index (χ4v) is 3.09. The molecule has 2 rings (SSSR count). The lowest BCUT2D eigenvalue weighted by atomic mass is 10.2. The predicted octanol–water partition coefficient (Wildman–Crippen LogP) is 5.05. The average molecular weight is 273 g/mol. The minimum atomic E-state index is 0.635. The van der Waals surface area contributed by atoms with Gasteiger partial charge in [0.05, 0.1) is 11.6 Å². The Labute approximate surface area is 113 Å². The number of halogens is 2. The van der Waals surface area contributed by atoms with Crippen LogP contribution in [0.15, 0.2) is 18.2 Å². The first-order valence-corrected chi connectivity index (χ1v) is 7.00. The van der Waals surface area contributed by atoms with Crippen molar-refractivity contribution >= 4 is 23.2 Å². The molecule has 0 aromatic heterocycles. The lowest BCUT2D eigenvalue weighted by Gasteiger charge is -2.08. The Bertz CT molecular complexity index is 382. The van der Waals surface area contributed by atoms with Gasteiger partial charge in [0, 0.05) is 11.1 Å². The molecule has 3 heteroatoms. The summed E-state index contributed by atoms with van der Waals surface area (Å²) >= 11 is 12.0. The van der Waals surface area contributed by atoms with Gasteiger partial charge in [-0.05, 0) is 29.9 Å². The molecule has 0 radical (unpaired) electrons. The molecule has 1 aromatic rings. The molecule has 1 fully saturated rings. The van der Waals surface area contributed by atoms with Crippen LogP contribution in [0.25, 0.3) is 0 Å². The second kappa shape index (κ2) is 5.49. The molecule has 3 atom stereocenters. The zero-order valence-corrected chi connectivity index (χ0v) is 11.8. The fraction of sp³-hybridized carbons (Fsp3) is 0.571. The summed E-state index contributed by atoms with van der Waals surface area (Å²) in [5, 5.41) is 1.30. The maximum atomic E-state index is 6.06. The van der Waals surface area contributed by atoms with Gasteiger partial charge in [-0.3, -0.25) is 0 Å². The van der Waals surface area contributed by atoms with Crippen LogP contribution in [0, 0.1) is 17.8 Å². The summed E-state index contributed by atoms with van der Waals surface area (Å²) < 4.78 is 5.79. The molecule has 0 amide bonds. The van der Waals surface area contributed by atoms with Crippen LogP contribution in [0.5, 0.6) is 5.75 Å². The van der Waals surface area contributed by atoms with Crippen molar-refractivity contribution < 1.29 is 4.74 Å². The van der Waals surface area contributed by atoms with E-state index >= 15 is 0 Å². The first kappa shape index (κ1) is 13.0. The molecule has 1 aromatic carbocycles. The molecule has 0 spiro atoms. The number of rotatable bonds is 5. The summed E-state index contributed by atoms with van der Waals surface area (Å²) in [6.07, 6.45) is 2.49. The van der Waals surface area contributed by atoms with E-state index < -0.39 is 0 Å². The summed E-state index contributed by atoms with van der Waals surface area (Å²) in [6.45, 7) is 5.26. The Morgan fingerprint density at radius 2 is 1.71 bits per heavy atom. The van der Waals surface area contributed by atoms with Gasteiger partial charge in [-0.25, -0.2) is 0 Å².